The van der Waals surface area contributed by atoms with Crippen LogP contribution in [0.25, 0.3) is 11.1 Å². The molecule has 3 aromatic rings. The fraction of sp³-hybridized carbons (Fsp3) is 0.214. The van der Waals surface area contributed by atoms with Crippen molar-refractivity contribution in [1.82, 2.24) is 15.1 Å². The van der Waals surface area contributed by atoms with Gasteiger partial charge < -0.3 is 9.84 Å². The Bertz CT molecular complexity index is 706. The van der Waals surface area contributed by atoms with Gasteiger partial charge in [-0.1, -0.05) is 30.3 Å². The molecular weight excluding hydrogens is 240 g/mol. The predicted octanol–water partition coefficient (Wildman–Crippen LogP) is 3.23. The van der Waals surface area contributed by atoms with Crippen molar-refractivity contribution in [1.29, 1.82) is 0 Å². The van der Waals surface area contributed by atoms with Crippen LogP contribution in [-0.2, 0) is 6.42 Å². The third-order valence-electron chi connectivity index (χ3n) is 2.91. The summed E-state index contributed by atoms with van der Waals surface area (Å²) in [5, 5.41) is 8.09. The van der Waals surface area contributed by atoms with E-state index in [0.29, 0.717) is 5.71 Å². The number of hydrogen-bond acceptors (Lipinski definition) is 5. The molecule has 0 unspecified atom stereocenters. The zero-order valence-corrected chi connectivity index (χ0v) is 10.8. The second-order valence-corrected chi connectivity index (χ2v) is 4.28. The quantitative estimate of drug-likeness (QED) is 0.777. The Morgan fingerprint density at radius 3 is 2.68 bits per heavy atom. The molecule has 2 heterocycles. The highest BCUT2D eigenvalue weighted by atomic mass is 16.5. The van der Waals surface area contributed by atoms with Crippen LogP contribution in [0.2, 0.25) is 0 Å². The zero-order chi connectivity index (χ0) is 13.2. The monoisotopic (exact) mass is 254 g/mol. The van der Waals surface area contributed by atoms with E-state index in [4.69, 9.17) is 4.52 Å². The van der Waals surface area contributed by atoms with E-state index in [9.17, 15) is 0 Å². The second kappa shape index (κ2) is 4.68. The molecule has 3 rings (SSSR count). The Morgan fingerprint density at radius 2 is 1.95 bits per heavy atom. The number of nitrogens with one attached hydrogen (secondary N) is 1. The molecule has 0 atom stereocenters. The van der Waals surface area contributed by atoms with Crippen molar-refractivity contribution in [3.8, 4) is 0 Å². The number of aryl methyl sites for hydroxylation is 2. The lowest BCUT2D eigenvalue weighted by Gasteiger charge is -2.07. The number of hydrogen-bond donors (Lipinski definition) is 1. The molecule has 0 bridgehead atoms. The van der Waals surface area contributed by atoms with Gasteiger partial charge in [-0.25, -0.2) is 4.98 Å². The lowest BCUT2D eigenvalue weighted by molar-refractivity contribution is 0.442. The summed E-state index contributed by atoms with van der Waals surface area (Å²) in [6.45, 7) is 3.90. The predicted molar refractivity (Wildman–Crippen MR) is 73.4 cm³/mol. The maximum absolute atomic E-state index is 5.23. The third kappa shape index (κ3) is 2.14. The molecule has 1 aromatic carbocycles. The summed E-state index contributed by atoms with van der Waals surface area (Å²) in [6, 6.07) is 9.90. The topological polar surface area (TPSA) is 63.8 Å². The Balaban J connectivity index is 2.13. The molecule has 0 saturated carbocycles. The Labute approximate surface area is 110 Å². The van der Waals surface area contributed by atoms with Gasteiger partial charge in [0.05, 0.1) is 5.69 Å². The van der Waals surface area contributed by atoms with E-state index < -0.39 is 0 Å². The number of nitrogens with zero attached hydrogens (tertiary/aromatic N) is 3. The SMILES string of the molecule is CCc1nc(Nc2ccccc2)c2c(C)noc2n1. The minimum atomic E-state index is 0.530. The average molecular weight is 254 g/mol. The van der Waals surface area contributed by atoms with Crippen molar-refractivity contribution < 1.29 is 4.52 Å². The number of rotatable bonds is 3. The van der Waals surface area contributed by atoms with Gasteiger partial charge in [0.2, 0.25) is 0 Å². The van der Waals surface area contributed by atoms with Crippen LogP contribution in [0.3, 0.4) is 0 Å². The maximum atomic E-state index is 5.23. The van der Waals surface area contributed by atoms with Crippen LogP contribution >= 0.6 is 0 Å². The van der Waals surface area contributed by atoms with Crippen LogP contribution in [-0.4, -0.2) is 15.1 Å². The molecule has 5 heteroatoms. The fourth-order valence-corrected chi connectivity index (χ4v) is 1.94. The molecule has 0 radical (unpaired) electrons. The minimum absolute atomic E-state index is 0.530. The molecular formula is C14H14N4O. The normalized spacial score (nSPS) is 10.8. The van der Waals surface area contributed by atoms with E-state index in [1.54, 1.807) is 0 Å². The van der Waals surface area contributed by atoms with Gasteiger partial charge in [-0.15, -0.1) is 0 Å². The van der Waals surface area contributed by atoms with E-state index in [0.717, 1.165) is 34.8 Å². The summed E-state index contributed by atoms with van der Waals surface area (Å²) in [5.74, 6) is 1.48. The lowest BCUT2D eigenvalue weighted by Crippen LogP contribution is -2.00. The zero-order valence-electron chi connectivity index (χ0n) is 10.8. The maximum Gasteiger partial charge on any atom is 0.263 e. The number of benzene rings is 1. The van der Waals surface area contributed by atoms with Gasteiger partial charge >= 0.3 is 0 Å². The second-order valence-electron chi connectivity index (χ2n) is 4.28. The number of fused-ring (bicyclic) bond motifs is 1. The molecule has 0 spiro atoms. The molecule has 0 aliphatic rings. The molecule has 0 aliphatic heterocycles. The summed E-state index contributed by atoms with van der Waals surface area (Å²) in [5.41, 5.74) is 2.30. The first-order chi connectivity index (χ1) is 9.28. The van der Waals surface area contributed by atoms with Crippen LogP contribution in [0.1, 0.15) is 18.4 Å². The first-order valence-electron chi connectivity index (χ1n) is 6.23. The van der Waals surface area contributed by atoms with Crippen molar-refractivity contribution in [2.75, 3.05) is 5.32 Å². The van der Waals surface area contributed by atoms with Crippen LogP contribution in [0.15, 0.2) is 34.9 Å². The van der Waals surface area contributed by atoms with E-state index in [1.807, 2.05) is 44.2 Å². The first-order valence-corrected chi connectivity index (χ1v) is 6.23. The number of aromatic nitrogens is 3. The Kier molecular flexibility index (Phi) is 2.87. The van der Waals surface area contributed by atoms with Gasteiger partial charge in [-0.05, 0) is 19.1 Å². The number of anilines is 2. The summed E-state index contributed by atoms with van der Waals surface area (Å²) < 4.78 is 5.23. The third-order valence-corrected chi connectivity index (χ3v) is 2.91. The van der Waals surface area contributed by atoms with Crippen molar-refractivity contribution in [3.05, 3.63) is 41.9 Å². The van der Waals surface area contributed by atoms with Gasteiger partial charge in [0.1, 0.15) is 17.0 Å². The molecule has 0 saturated heterocycles. The van der Waals surface area contributed by atoms with Crippen molar-refractivity contribution in [2.24, 2.45) is 0 Å². The molecule has 1 N–H and O–H groups in total. The molecule has 0 aliphatic carbocycles. The lowest BCUT2D eigenvalue weighted by atomic mass is 10.2. The first kappa shape index (κ1) is 11.6. The summed E-state index contributed by atoms with van der Waals surface area (Å²) in [4.78, 5) is 8.86. The molecule has 0 amide bonds. The Morgan fingerprint density at radius 1 is 1.16 bits per heavy atom. The molecule has 19 heavy (non-hydrogen) atoms. The average Bonchev–Trinajstić information content (AvgIpc) is 2.81. The van der Waals surface area contributed by atoms with E-state index >= 15 is 0 Å². The van der Waals surface area contributed by atoms with E-state index in [-0.39, 0.29) is 0 Å². The van der Waals surface area contributed by atoms with Gasteiger partial charge in [-0.3, -0.25) is 0 Å². The number of para-hydroxylation sites is 1. The fourth-order valence-electron chi connectivity index (χ4n) is 1.94. The molecule has 96 valence electrons. The Hall–Kier alpha value is -2.43. The highest BCUT2D eigenvalue weighted by Gasteiger charge is 2.14. The van der Waals surface area contributed by atoms with Gasteiger partial charge in [0.15, 0.2) is 0 Å². The van der Waals surface area contributed by atoms with E-state index in [2.05, 4.69) is 20.4 Å². The van der Waals surface area contributed by atoms with Gasteiger partial charge in [0, 0.05) is 12.1 Å². The highest BCUT2D eigenvalue weighted by molar-refractivity contribution is 5.89. The summed E-state index contributed by atoms with van der Waals surface area (Å²) in [7, 11) is 0. The standard InChI is InChI=1S/C14H14N4O/c1-3-11-16-13(15-10-7-5-4-6-8-10)12-9(2)18-19-14(12)17-11/h4-8H,3H2,1-2H3,(H,15,16,17). The summed E-state index contributed by atoms with van der Waals surface area (Å²) in [6.07, 6.45) is 0.749. The summed E-state index contributed by atoms with van der Waals surface area (Å²) >= 11 is 0. The van der Waals surface area contributed by atoms with Crippen molar-refractivity contribution in [3.63, 3.8) is 0 Å². The highest BCUT2D eigenvalue weighted by Crippen LogP contribution is 2.26. The van der Waals surface area contributed by atoms with Crippen LogP contribution in [0.5, 0.6) is 0 Å². The largest absolute Gasteiger partial charge is 0.339 e. The van der Waals surface area contributed by atoms with Crippen LogP contribution in [0, 0.1) is 6.92 Å². The van der Waals surface area contributed by atoms with Crippen LogP contribution in [0.4, 0.5) is 11.5 Å². The van der Waals surface area contributed by atoms with Gasteiger partial charge in [-0.2, -0.15) is 4.98 Å². The van der Waals surface area contributed by atoms with Gasteiger partial charge in [0.25, 0.3) is 5.71 Å². The minimum Gasteiger partial charge on any atom is -0.339 e. The smallest absolute Gasteiger partial charge is 0.263 e. The van der Waals surface area contributed by atoms with Crippen molar-refractivity contribution in [2.45, 2.75) is 20.3 Å². The molecule has 2 aromatic heterocycles. The van der Waals surface area contributed by atoms with E-state index in [1.165, 1.54) is 0 Å². The van der Waals surface area contributed by atoms with Crippen LogP contribution < -0.4 is 5.32 Å². The molecule has 0 fully saturated rings. The van der Waals surface area contributed by atoms with Crippen molar-refractivity contribution >= 4 is 22.6 Å². The molecule has 5 nitrogen and oxygen atoms in total.